The van der Waals surface area contributed by atoms with E-state index >= 15 is 0 Å². The van der Waals surface area contributed by atoms with Crippen molar-refractivity contribution in [2.75, 3.05) is 38.7 Å². The van der Waals surface area contributed by atoms with Gasteiger partial charge in [0.25, 0.3) is 0 Å². The Morgan fingerprint density at radius 1 is 0.842 bits per heavy atom. The van der Waals surface area contributed by atoms with Gasteiger partial charge in [-0.1, -0.05) is 75.7 Å². The van der Waals surface area contributed by atoms with Gasteiger partial charge < -0.3 is 28.7 Å². The Labute approximate surface area is 340 Å². The van der Waals surface area contributed by atoms with Crippen LogP contribution in [-0.4, -0.2) is 104 Å². The lowest BCUT2D eigenvalue weighted by molar-refractivity contribution is 0.00554. The van der Waals surface area contributed by atoms with Crippen LogP contribution in [0.4, 0.5) is 10.6 Å². The first-order chi connectivity index (χ1) is 26.9. The molecule has 308 valence electrons. The summed E-state index contributed by atoms with van der Waals surface area (Å²) in [5.41, 5.74) is 4.50. The standard InChI is InChI=1S/C43H62N6O6Si2/c1-43(2,3)55-42(51)48-33-17-18-34(48)25-32(24-33)38-37(41(50)52-4)40(47(28-53-20-22-56(5,6)7)29-54-21-23-57(8,9)10)49-39(46-38)35(27-45-49)31-16-19-36(44-26-31)30-14-12-11-13-15-30/h11-16,19,26-27,32-34H,17-18,20-25,28-29H2,1-10H3/t32?,33-,34+. The Morgan fingerprint density at radius 3 is 1.98 bits per heavy atom. The number of carbonyl (C=O) groups excluding carboxylic acids is 2. The van der Waals surface area contributed by atoms with Gasteiger partial charge >= 0.3 is 12.1 Å². The highest BCUT2D eigenvalue weighted by atomic mass is 28.3. The van der Waals surface area contributed by atoms with E-state index in [1.54, 1.807) is 10.7 Å². The predicted octanol–water partition coefficient (Wildman–Crippen LogP) is 9.32. The normalized spacial score (nSPS) is 18.6. The largest absolute Gasteiger partial charge is 0.465 e. The molecule has 2 aliphatic heterocycles. The second kappa shape index (κ2) is 17.4. The number of hydrogen-bond donors (Lipinski definition) is 0. The van der Waals surface area contributed by atoms with Crippen LogP contribution in [0.2, 0.25) is 51.4 Å². The minimum atomic E-state index is -1.38. The van der Waals surface area contributed by atoms with E-state index in [0.29, 0.717) is 48.8 Å². The summed E-state index contributed by atoms with van der Waals surface area (Å²) < 4.78 is 26.0. The molecule has 2 aliphatic rings. The molecule has 0 spiro atoms. The molecule has 2 saturated heterocycles. The molecule has 0 aliphatic carbocycles. The van der Waals surface area contributed by atoms with E-state index in [2.05, 4.69) is 39.3 Å². The number of pyridine rings is 1. The maximum atomic E-state index is 14.2. The SMILES string of the molecule is COC(=O)c1c(C2C[C@H]3CC[C@@H](C2)N3C(=O)OC(C)(C)C)nc2c(-c3ccc(-c4ccccc4)nc3)cnn2c1N(COCC[Si](C)(C)C)COCC[Si](C)(C)C. The van der Waals surface area contributed by atoms with Crippen LogP contribution in [0.5, 0.6) is 0 Å². The van der Waals surface area contributed by atoms with Gasteiger partial charge in [-0.25, -0.2) is 14.6 Å². The van der Waals surface area contributed by atoms with Crippen molar-refractivity contribution in [2.45, 2.75) is 121 Å². The van der Waals surface area contributed by atoms with Gasteiger partial charge in [0.15, 0.2) is 11.5 Å². The van der Waals surface area contributed by atoms with Gasteiger partial charge in [-0.15, -0.1) is 0 Å². The third-order valence-electron chi connectivity index (χ3n) is 10.7. The molecule has 2 bridgehead atoms. The molecule has 0 N–H and O–H groups in total. The Kier molecular flexibility index (Phi) is 13.0. The van der Waals surface area contributed by atoms with Crippen molar-refractivity contribution in [3.8, 4) is 22.4 Å². The van der Waals surface area contributed by atoms with Crippen LogP contribution in [0.1, 0.15) is 68.4 Å². The van der Waals surface area contributed by atoms with Crippen molar-refractivity contribution >= 4 is 39.7 Å². The number of anilines is 1. The summed E-state index contributed by atoms with van der Waals surface area (Å²) in [4.78, 5) is 41.8. The van der Waals surface area contributed by atoms with E-state index in [0.717, 1.165) is 47.3 Å². The number of hydrogen-bond acceptors (Lipinski definition) is 10. The number of piperidine rings is 1. The minimum absolute atomic E-state index is 0.0411. The molecule has 3 atom stereocenters. The Balaban J connectivity index is 1.47. The van der Waals surface area contributed by atoms with E-state index in [1.807, 2.05) is 79.2 Å². The van der Waals surface area contributed by atoms with Gasteiger partial charge in [0, 0.05) is 70.3 Å². The number of carbonyl (C=O) groups is 2. The van der Waals surface area contributed by atoms with E-state index in [9.17, 15) is 9.59 Å². The fourth-order valence-corrected chi connectivity index (χ4v) is 9.21. The fourth-order valence-electron chi connectivity index (χ4n) is 7.70. The second-order valence-electron chi connectivity index (χ2n) is 19.0. The Bertz CT molecular complexity index is 1970. The van der Waals surface area contributed by atoms with Crippen LogP contribution in [0, 0.1) is 0 Å². The van der Waals surface area contributed by atoms with Crippen molar-refractivity contribution in [1.82, 2.24) is 24.5 Å². The molecule has 1 unspecified atom stereocenters. The van der Waals surface area contributed by atoms with Crippen LogP contribution in [0.15, 0.2) is 54.9 Å². The number of nitrogens with zero attached hydrogens (tertiary/aromatic N) is 6. The van der Waals surface area contributed by atoms with Gasteiger partial charge in [-0.3, -0.25) is 4.98 Å². The molecular weight excluding hydrogens is 753 g/mol. The van der Waals surface area contributed by atoms with Crippen molar-refractivity contribution < 1.29 is 28.5 Å². The highest BCUT2D eigenvalue weighted by Crippen LogP contribution is 2.46. The molecular formula is C43H62N6O6Si2. The number of aromatic nitrogens is 4. The highest BCUT2D eigenvalue weighted by molar-refractivity contribution is 6.76. The number of fused-ring (bicyclic) bond motifs is 3. The summed E-state index contributed by atoms with van der Waals surface area (Å²) in [6, 6.07) is 16.0. The first-order valence-corrected chi connectivity index (χ1v) is 27.8. The summed E-state index contributed by atoms with van der Waals surface area (Å²) in [6.07, 6.45) is 6.36. The second-order valence-corrected chi connectivity index (χ2v) is 30.2. The number of rotatable bonds is 15. The van der Waals surface area contributed by atoms with Crippen LogP contribution in [0.3, 0.4) is 0 Å². The molecule has 0 radical (unpaired) electrons. The molecule has 14 heteroatoms. The van der Waals surface area contributed by atoms with Gasteiger partial charge in [-0.05, 0) is 64.6 Å². The lowest BCUT2D eigenvalue weighted by Gasteiger charge is -2.40. The van der Waals surface area contributed by atoms with Gasteiger partial charge in [0.1, 0.15) is 24.6 Å². The van der Waals surface area contributed by atoms with E-state index in [1.165, 1.54) is 7.11 Å². The first-order valence-electron chi connectivity index (χ1n) is 20.4. The highest BCUT2D eigenvalue weighted by Gasteiger charge is 2.47. The van der Waals surface area contributed by atoms with Crippen LogP contribution >= 0.6 is 0 Å². The molecule has 2 fully saturated rings. The predicted molar refractivity (Wildman–Crippen MR) is 230 cm³/mol. The van der Waals surface area contributed by atoms with Crippen molar-refractivity contribution in [2.24, 2.45) is 0 Å². The van der Waals surface area contributed by atoms with E-state index < -0.39 is 27.7 Å². The number of benzene rings is 1. The zero-order valence-electron chi connectivity index (χ0n) is 35.6. The molecule has 0 saturated carbocycles. The number of methoxy groups -OCH3 is 1. The molecule has 1 aromatic carbocycles. The molecule has 57 heavy (non-hydrogen) atoms. The monoisotopic (exact) mass is 814 g/mol. The van der Waals surface area contributed by atoms with Crippen LogP contribution in [-0.2, 0) is 18.9 Å². The molecule has 6 rings (SSSR count). The number of ether oxygens (including phenoxy) is 4. The molecule has 5 heterocycles. The Hall–Kier alpha value is -4.12. The quantitative estimate of drug-likeness (QED) is 0.0497. The summed E-state index contributed by atoms with van der Waals surface area (Å²) in [6.45, 7) is 21.2. The summed E-state index contributed by atoms with van der Waals surface area (Å²) in [5.74, 6) is -0.121. The molecule has 1 amide bonds. The van der Waals surface area contributed by atoms with E-state index in [-0.39, 0.29) is 37.6 Å². The summed E-state index contributed by atoms with van der Waals surface area (Å²) in [5, 5.41) is 4.92. The average molecular weight is 815 g/mol. The minimum Gasteiger partial charge on any atom is -0.465 e. The van der Waals surface area contributed by atoms with Crippen molar-refractivity contribution in [3.63, 3.8) is 0 Å². The van der Waals surface area contributed by atoms with E-state index in [4.69, 9.17) is 34.0 Å². The zero-order valence-corrected chi connectivity index (χ0v) is 37.6. The van der Waals surface area contributed by atoms with Gasteiger partial charge in [-0.2, -0.15) is 9.61 Å². The molecule has 4 aromatic rings. The smallest absolute Gasteiger partial charge is 0.410 e. The Morgan fingerprint density at radius 2 is 1.46 bits per heavy atom. The topological polar surface area (TPSA) is 121 Å². The maximum Gasteiger partial charge on any atom is 0.410 e. The van der Waals surface area contributed by atoms with Gasteiger partial charge in [0.05, 0.1) is 24.7 Å². The maximum absolute atomic E-state index is 14.2. The van der Waals surface area contributed by atoms with Crippen molar-refractivity contribution in [3.05, 3.63) is 66.1 Å². The fraction of sp³-hybridized carbons (Fsp3) is 0.558. The first kappa shape index (κ1) is 42.5. The number of amides is 1. The lowest BCUT2D eigenvalue weighted by atomic mass is 9.86. The summed E-state index contributed by atoms with van der Waals surface area (Å²) in [7, 11) is -1.35. The zero-order chi connectivity index (χ0) is 41.1. The lowest BCUT2D eigenvalue weighted by Crippen LogP contribution is -2.48. The molecule has 12 nitrogen and oxygen atoms in total. The van der Waals surface area contributed by atoms with Crippen LogP contribution in [0.25, 0.3) is 28.0 Å². The third-order valence-corrected chi connectivity index (χ3v) is 14.1. The third kappa shape index (κ3) is 10.5. The summed E-state index contributed by atoms with van der Waals surface area (Å²) >= 11 is 0. The molecule has 3 aromatic heterocycles. The van der Waals surface area contributed by atoms with Gasteiger partial charge in [0.2, 0.25) is 0 Å². The average Bonchev–Trinajstić information content (AvgIpc) is 3.69. The number of esters is 1. The van der Waals surface area contributed by atoms with Crippen molar-refractivity contribution in [1.29, 1.82) is 0 Å². The van der Waals surface area contributed by atoms with Crippen LogP contribution < -0.4 is 4.90 Å².